The lowest BCUT2D eigenvalue weighted by Crippen LogP contribution is -2.33. The van der Waals surface area contributed by atoms with Gasteiger partial charge in [-0.05, 0) is 43.7 Å². The van der Waals surface area contributed by atoms with Gasteiger partial charge in [0.05, 0.1) is 0 Å². The molecule has 1 nitrogen and oxygen atoms in total. The second-order valence-electron chi connectivity index (χ2n) is 5.80. The van der Waals surface area contributed by atoms with Gasteiger partial charge in [0, 0.05) is 12.1 Å². The van der Waals surface area contributed by atoms with Crippen LogP contribution in [0.2, 0.25) is 0 Å². The minimum absolute atomic E-state index is 0.632. The summed E-state index contributed by atoms with van der Waals surface area (Å²) < 4.78 is 0. The highest BCUT2D eigenvalue weighted by atomic mass is 15.0. The molecule has 3 rings (SSSR count). The van der Waals surface area contributed by atoms with Gasteiger partial charge in [-0.15, -0.1) is 0 Å². The van der Waals surface area contributed by atoms with E-state index in [-0.39, 0.29) is 0 Å². The van der Waals surface area contributed by atoms with E-state index in [1.807, 2.05) is 0 Å². The van der Waals surface area contributed by atoms with Gasteiger partial charge in [0.15, 0.2) is 0 Å². The van der Waals surface area contributed by atoms with Crippen LogP contribution in [0.15, 0.2) is 18.2 Å². The monoisotopic (exact) mass is 229 g/mol. The first kappa shape index (κ1) is 11.3. The molecular weight excluding hydrogens is 206 g/mol. The first-order valence-electron chi connectivity index (χ1n) is 7.18. The summed E-state index contributed by atoms with van der Waals surface area (Å²) in [4.78, 5) is 0. The van der Waals surface area contributed by atoms with Crippen molar-refractivity contribution >= 4 is 0 Å². The fourth-order valence-corrected chi connectivity index (χ4v) is 3.45. The molecule has 2 aliphatic rings. The fraction of sp³-hybridized carbons (Fsp3) is 0.625. The number of benzene rings is 1. The van der Waals surface area contributed by atoms with Gasteiger partial charge in [-0.2, -0.15) is 0 Å². The van der Waals surface area contributed by atoms with E-state index in [1.165, 1.54) is 50.5 Å². The number of nitrogens with one attached hydrogen (secondary N) is 1. The van der Waals surface area contributed by atoms with E-state index in [0.29, 0.717) is 6.04 Å². The van der Waals surface area contributed by atoms with Crippen LogP contribution >= 0.6 is 0 Å². The molecule has 92 valence electrons. The van der Waals surface area contributed by atoms with Crippen molar-refractivity contribution in [3.63, 3.8) is 0 Å². The largest absolute Gasteiger partial charge is 0.307 e. The van der Waals surface area contributed by atoms with Crippen molar-refractivity contribution in [2.24, 2.45) is 0 Å². The number of rotatable bonds is 2. The Kier molecular flexibility index (Phi) is 3.19. The lowest BCUT2D eigenvalue weighted by atomic mass is 9.94. The van der Waals surface area contributed by atoms with Crippen molar-refractivity contribution in [1.29, 1.82) is 0 Å². The Morgan fingerprint density at radius 2 is 1.88 bits per heavy atom. The van der Waals surface area contributed by atoms with Gasteiger partial charge < -0.3 is 5.32 Å². The van der Waals surface area contributed by atoms with Crippen LogP contribution in [-0.2, 0) is 6.42 Å². The molecule has 1 atom stereocenters. The zero-order valence-electron chi connectivity index (χ0n) is 10.8. The smallest absolute Gasteiger partial charge is 0.0328 e. The van der Waals surface area contributed by atoms with Gasteiger partial charge in [-0.1, -0.05) is 43.0 Å². The maximum absolute atomic E-state index is 3.90. The van der Waals surface area contributed by atoms with Crippen LogP contribution < -0.4 is 5.32 Å². The first-order chi connectivity index (χ1) is 8.33. The standard InChI is InChI=1S/C16H23N/c1-12-7-8-13-9-10-16(15(13)11-12)17-14-5-3-2-4-6-14/h7-8,11,14,16-17H,2-6,9-10H2,1H3. The van der Waals surface area contributed by atoms with Crippen LogP contribution in [0.5, 0.6) is 0 Å². The topological polar surface area (TPSA) is 12.0 Å². The molecule has 0 amide bonds. The maximum atomic E-state index is 3.90. The molecule has 0 bridgehead atoms. The van der Waals surface area contributed by atoms with Crippen LogP contribution in [0.25, 0.3) is 0 Å². The molecule has 1 saturated carbocycles. The molecule has 0 heterocycles. The number of fused-ring (bicyclic) bond motifs is 1. The summed E-state index contributed by atoms with van der Waals surface area (Å²) in [6.07, 6.45) is 9.62. The van der Waals surface area contributed by atoms with Crippen LogP contribution in [0.1, 0.15) is 61.3 Å². The third-order valence-corrected chi connectivity index (χ3v) is 4.42. The van der Waals surface area contributed by atoms with Crippen molar-refractivity contribution in [1.82, 2.24) is 5.32 Å². The summed E-state index contributed by atoms with van der Waals surface area (Å²) in [6.45, 7) is 2.20. The molecule has 1 aromatic carbocycles. The molecule has 1 fully saturated rings. The van der Waals surface area contributed by atoms with Crippen LogP contribution in [0, 0.1) is 6.92 Å². The van der Waals surface area contributed by atoms with Gasteiger partial charge in [0.2, 0.25) is 0 Å². The number of aryl methyl sites for hydroxylation is 2. The summed E-state index contributed by atoms with van der Waals surface area (Å²) in [5, 5.41) is 3.90. The molecule has 0 aromatic heterocycles. The van der Waals surface area contributed by atoms with Gasteiger partial charge >= 0.3 is 0 Å². The highest BCUT2D eigenvalue weighted by molar-refractivity contribution is 5.37. The summed E-state index contributed by atoms with van der Waals surface area (Å²) in [6, 6.07) is 8.38. The fourth-order valence-electron chi connectivity index (χ4n) is 3.45. The Morgan fingerprint density at radius 3 is 2.71 bits per heavy atom. The third-order valence-electron chi connectivity index (χ3n) is 4.42. The highest BCUT2D eigenvalue weighted by Gasteiger charge is 2.25. The predicted octanol–water partition coefficient (Wildman–Crippen LogP) is 3.90. The van der Waals surface area contributed by atoms with Gasteiger partial charge in [-0.25, -0.2) is 0 Å². The van der Waals surface area contributed by atoms with Crippen LogP contribution in [0.4, 0.5) is 0 Å². The second-order valence-corrected chi connectivity index (χ2v) is 5.80. The lowest BCUT2D eigenvalue weighted by molar-refractivity contribution is 0.337. The van der Waals surface area contributed by atoms with E-state index in [0.717, 1.165) is 6.04 Å². The van der Waals surface area contributed by atoms with E-state index < -0.39 is 0 Å². The van der Waals surface area contributed by atoms with Crippen molar-refractivity contribution in [3.05, 3.63) is 34.9 Å². The predicted molar refractivity (Wildman–Crippen MR) is 72.2 cm³/mol. The van der Waals surface area contributed by atoms with E-state index in [9.17, 15) is 0 Å². The Morgan fingerprint density at radius 1 is 1.06 bits per heavy atom. The average Bonchev–Trinajstić information content (AvgIpc) is 2.73. The van der Waals surface area contributed by atoms with E-state index >= 15 is 0 Å². The third kappa shape index (κ3) is 2.40. The normalized spacial score (nSPS) is 24.9. The Balaban J connectivity index is 1.72. The van der Waals surface area contributed by atoms with Crippen molar-refractivity contribution < 1.29 is 0 Å². The molecule has 1 unspecified atom stereocenters. The zero-order valence-corrected chi connectivity index (χ0v) is 10.8. The summed E-state index contributed by atoms with van der Waals surface area (Å²) in [5.74, 6) is 0. The Hall–Kier alpha value is -0.820. The summed E-state index contributed by atoms with van der Waals surface area (Å²) in [5.41, 5.74) is 4.56. The maximum Gasteiger partial charge on any atom is 0.0328 e. The lowest BCUT2D eigenvalue weighted by Gasteiger charge is -2.27. The molecule has 1 aromatic rings. The van der Waals surface area contributed by atoms with Crippen LogP contribution in [0.3, 0.4) is 0 Å². The van der Waals surface area contributed by atoms with Gasteiger partial charge in [0.25, 0.3) is 0 Å². The molecule has 0 saturated heterocycles. The molecule has 17 heavy (non-hydrogen) atoms. The van der Waals surface area contributed by atoms with Gasteiger partial charge in [0.1, 0.15) is 0 Å². The minimum Gasteiger partial charge on any atom is -0.307 e. The number of hydrogen-bond donors (Lipinski definition) is 1. The average molecular weight is 229 g/mol. The summed E-state index contributed by atoms with van der Waals surface area (Å²) >= 11 is 0. The quantitative estimate of drug-likeness (QED) is 0.811. The van der Waals surface area contributed by atoms with E-state index in [1.54, 1.807) is 11.1 Å². The van der Waals surface area contributed by atoms with Crippen molar-refractivity contribution in [2.45, 2.75) is 64.0 Å². The molecular formula is C16H23N. The van der Waals surface area contributed by atoms with E-state index in [4.69, 9.17) is 0 Å². The highest BCUT2D eigenvalue weighted by Crippen LogP contribution is 2.33. The Bertz CT molecular complexity index is 391. The minimum atomic E-state index is 0.632. The molecule has 0 aliphatic heterocycles. The molecule has 0 radical (unpaired) electrons. The van der Waals surface area contributed by atoms with Crippen molar-refractivity contribution in [2.75, 3.05) is 0 Å². The molecule has 1 heteroatoms. The van der Waals surface area contributed by atoms with Gasteiger partial charge in [-0.3, -0.25) is 0 Å². The SMILES string of the molecule is Cc1ccc2c(c1)C(NC1CCCCC1)CC2. The zero-order chi connectivity index (χ0) is 11.7. The number of hydrogen-bond acceptors (Lipinski definition) is 1. The molecule has 0 spiro atoms. The second kappa shape index (κ2) is 4.81. The summed E-state index contributed by atoms with van der Waals surface area (Å²) in [7, 11) is 0. The van der Waals surface area contributed by atoms with Crippen molar-refractivity contribution in [3.8, 4) is 0 Å². The van der Waals surface area contributed by atoms with E-state index in [2.05, 4.69) is 30.4 Å². The molecule has 1 N–H and O–H groups in total. The Labute approximate surface area is 105 Å². The van der Waals surface area contributed by atoms with Crippen LogP contribution in [-0.4, -0.2) is 6.04 Å². The molecule has 2 aliphatic carbocycles. The first-order valence-corrected chi connectivity index (χ1v) is 7.18.